The van der Waals surface area contributed by atoms with Crippen LogP contribution in [0.5, 0.6) is 0 Å². The van der Waals surface area contributed by atoms with Crippen molar-refractivity contribution in [3.63, 3.8) is 0 Å². The van der Waals surface area contributed by atoms with Crippen LogP contribution >= 0.6 is 38.5 Å². The lowest BCUT2D eigenvalue weighted by Gasteiger charge is -2.21. The van der Waals surface area contributed by atoms with Gasteiger partial charge in [-0.1, -0.05) is 18.2 Å². The highest BCUT2D eigenvalue weighted by molar-refractivity contribution is 14.1. The standard InChI is InChI=1S/C15H11BrINO3/c16-13-7-6-10(17)8-12(13)15(21)18(9-14(19)20)11-4-2-1-3-5-11/h1-8H,9H2,(H,19,20). The van der Waals surface area contributed by atoms with Gasteiger partial charge in [-0.15, -0.1) is 0 Å². The molecule has 0 aliphatic carbocycles. The molecule has 0 atom stereocenters. The van der Waals surface area contributed by atoms with Crippen molar-refractivity contribution < 1.29 is 14.7 Å². The van der Waals surface area contributed by atoms with Gasteiger partial charge in [0.25, 0.3) is 5.91 Å². The zero-order chi connectivity index (χ0) is 15.4. The molecule has 1 amide bonds. The fraction of sp³-hybridized carbons (Fsp3) is 0.0667. The number of aliphatic carboxylic acids is 1. The molecule has 0 aliphatic rings. The van der Waals surface area contributed by atoms with Crippen molar-refractivity contribution >= 4 is 56.1 Å². The van der Waals surface area contributed by atoms with Gasteiger partial charge < -0.3 is 5.11 Å². The molecule has 0 spiro atoms. The molecule has 4 nitrogen and oxygen atoms in total. The van der Waals surface area contributed by atoms with E-state index in [2.05, 4.69) is 38.5 Å². The Morgan fingerprint density at radius 3 is 2.43 bits per heavy atom. The predicted molar refractivity (Wildman–Crippen MR) is 92.6 cm³/mol. The number of hydrogen-bond acceptors (Lipinski definition) is 2. The van der Waals surface area contributed by atoms with Crippen LogP contribution in [0.3, 0.4) is 0 Å². The van der Waals surface area contributed by atoms with E-state index in [0.717, 1.165) is 3.57 Å². The summed E-state index contributed by atoms with van der Waals surface area (Å²) in [5.74, 6) is -1.41. The largest absolute Gasteiger partial charge is 0.480 e. The van der Waals surface area contributed by atoms with Gasteiger partial charge in [0.1, 0.15) is 6.54 Å². The maximum atomic E-state index is 12.7. The van der Waals surface area contributed by atoms with E-state index in [1.54, 1.807) is 36.4 Å². The van der Waals surface area contributed by atoms with Crippen molar-refractivity contribution in [2.24, 2.45) is 0 Å². The molecule has 0 aliphatic heterocycles. The van der Waals surface area contributed by atoms with E-state index in [4.69, 9.17) is 5.11 Å². The van der Waals surface area contributed by atoms with E-state index in [-0.39, 0.29) is 12.5 Å². The number of carboxylic acids is 1. The van der Waals surface area contributed by atoms with Crippen LogP contribution in [0, 0.1) is 3.57 Å². The van der Waals surface area contributed by atoms with Crippen LogP contribution in [0.1, 0.15) is 10.4 Å². The predicted octanol–water partition coefficient (Wildman–Crippen LogP) is 3.79. The van der Waals surface area contributed by atoms with Crippen molar-refractivity contribution in [3.05, 3.63) is 62.1 Å². The zero-order valence-electron chi connectivity index (χ0n) is 10.8. The molecule has 0 aromatic heterocycles. The van der Waals surface area contributed by atoms with E-state index in [0.29, 0.717) is 15.7 Å². The van der Waals surface area contributed by atoms with Crippen LogP contribution in [0.15, 0.2) is 53.0 Å². The number of hydrogen-bond donors (Lipinski definition) is 1. The van der Waals surface area contributed by atoms with Gasteiger partial charge in [-0.05, 0) is 68.9 Å². The molecule has 6 heteroatoms. The first-order valence-corrected chi connectivity index (χ1v) is 7.90. The summed E-state index contributed by atoms with van der Waals surface area (Å²) in [5, 5.41) is 9.06. The van der Waals surface area contributed by atoms with Crippen molar-refractivity contribution in [2.75, 3.05) is 11.4 Å². The number of para-hydroxylation sites is 1. The third-order valence-electron chi connectivity index (χ3n) is 2.77. The second kappa shape index (κ2) is 7.04. The molecule has 0 radical (unpaired) electrons. The smallest absolute Gasteiger partial charge is 0.323 e. The number of carbonyl (C=O) groups excluding carboxylic acids is 1. The second-order valence-corrected chi connectivity index (χ2v) is 6.34. The maximum absolute atomic E-state index is 12.7. The first-order valence-electron chi connectivity index (χ1n) is 6.03. The fourth-order valence-corrected chi connectivity index (χ4v) is 2.74. The molecule has 0 heterocycles. The summed E-state index contributed by atoms with van der Waals surface area (Å²) in [7, 11) is 0. The number of carbonyl (C=O) groups is 2. The number of amides is 1. The van der Waals surface area contributed by atoms with E-state index >= 15 is 0 Å². The second-order valence-electron chi connectivity index (χ2n) is 4.24. The molecule has 0 saturated carbocycles. The third-order valence-corrected chi connectivity index (χ3v) is 4.13. The van der Waals surface area contributed by atoms with Gasteiger partial charge in [-0.25, -0.2) is 0 Å². The molecule has 108 valence electrons. The molecular formula is C15H11BrINO3. The lowest BCUT2D eigenvalue weighted by molar-refractivity contribution is -0.135. The SMILES string of the molecule is O=C(O)CN(C(=O)c1cc(I)ccc1Br)c1ccccc1. The summed E-state index contributed by atoms with van der Waals surface area (Å²) < 4.78 is 1.54. The number of carboxylic acid groups (broad SMARTS) is 1. The number of nitrogens with zero attached hydrogens (tertiary/aromatic N) is 1. The summed E-state index contributed by atoms with van der Waals surface area (Å²) in [6.45, 7) is -0.388. The molecule has 2 rings (SSSR count). The van der Waals surface area contributed by atoms with Crippen molar-refractivity contribution in [3.8, 4) is 0 Å². The van der Waals surface area contributed by atoms with E-state index in [1.165, 1.54) is 4.90 Å². The van der Waals surface area contributed by atoms with Gasteiger partial charge in [0, 0.05) is 13.7 Å². The molecule has 2 aromatic carbocycles. The highest BCUT2D eigenvalue weighted by Gasteiger charge is 2.22. The lowest BCUT2D eigenvalue weighted by atomic mass is 10.2. The average Bonchev–Trinajstić information content (AvgIpc) is 2.47. The zero-order valence-corrected chi connectivity index (χ0v) is 14.5. The summed E-state index contributed by atoms with van der Waals surface area (Å²) in [4.78, 5) is 25.0. The topological polar surface area (TPSA) is 57.6 Å². The highest BCUT2D eigenvalue weighted by Crippen LogP contribution is 2.24. The Morgan fingerprint density at radius 1 is 1.14 bits per heavy atom. The van der Waals surface area contributed by atoms with Crippen LogP contribution in [-0.2, 0) is 4.79 Å². The maximum Gasteiger partial charge on any atom is 0.323 e. The van der Waals surface area contributed by atoms with Gasteiger partial charge in [-0.3, -0.25) is 14.5 Å². The molecule has 2 aromatic rings. The molecular weight excluding hydrogens is 449 g/mol. The monoisotopic (exact) mass is 459 g/mol. The highest BCUT2D eigenvalue weighted by atomic mass is 127. The van der Waals surface area contributed by atoms with Crippen LogP contribution in [-0.4, -0.2) is 23.5 Å². The van der Waals surface area contributed by atoms with E-state index in [9.17, 15) is 9.59 Å². The van der Waals surface area contributed by atoms with Crippen molar-refractivity contribution in [1.82, 2.24) is 0 Å². The molecule has 1 N–H and O–H groups in total. The summed E-state index contributed by atoms with van der Waals surface area (Å²) in [6.07, 6.45) is 0. The Bertz CT molecular complexity index is 676. The van der Waals surface area contributed by atoms with E-state index < -0.39 is 5.97 Å². The van der Waals surface area contributed by atoms with E-state index in [1.807, 2.05) is 12.1 Å². The number of anilines is 1. The Kier molecular flexibility index (Phi) is 5.35. The minimum Gasteiger partial charge on any atom is -0.480 e. The molecule has 0 unspecified atom stereocenters. The minimum atomic E-state index is -1.06. The Morgan fingerprint density at radius 2 is 1.81 bits per heavy atom. The molecule has 0 fully saturated rings. The van der Waals surface area contributed by atoms with Gasteiger partial charge >= 0.3 is 5.97 Å². The van der Waals surface area contributed by atoms with Gasteiger partial charge in [-0.2, -0.15) is 0 Å². The Balaban J connectivity index is 2.43. The molecule has 0 bridgehead atoms. The quantitative estimate of drug-likeness (QED) is 0.708. The fourth-order valence-electron chi connectivity index (χ4n) is 1.83. The van der Waals surface area contributed by atoms with Crippen molar-refractivity contribution in [2.45, 2.75) is 0 Å². The molecule has 21 heavy (non-hydrogen) atoms. The minimum absolute atomic E-state index is 0.353. The number of halogens is 2. The Hall–Kier alpha value is -1.41. The summed E-state index contributed by atoms with van der Waals surface area (Å²) in [5.41, 5.74) is 0.989. The van der Waals surface area contributed by atoms with Gasteiger partial charge in [0.15, 0.2) is 0 Å². The Labute approximate surface area is 144 Å². The normalized spacial score (nSPS) is 10.2. The van der Waals surface area contributed by atoms with Crippen LogP contribution in [0.25, 0.3) is 0 Å². The van der Waals surface area contributed by atoms with Crippen LogP contribution < -0.4 is 4.90 Å². The average molecular weight is 460 g/mol. The van der Waals surface area contributed by atoms with Gasteiger partial charge in [0.05, 0.1) is 5.56 Å². The van der Waals surface area contributed by atoms with Crippen LogP contribution in [0.2, 0.25) is 0 Å². The third kappa shape index (κ3) is 4.04. The molecule has 0 saturated heterocycles. The first kappa shape index (κ1) is 16.0. The summed E-state index contributed by atoms with van der Waals surface area (Å²) in [6, 6.07) is 14.1. The van der Waals surface area contributed by atoms with Crippen LogP contribution in [0.4, 0.5) is 5.69 Å². The number of benzene rings is 2. The lowest BCUT2D eigenvalue weighted by Crippen LogP contribution is -2.36. The van der Waals surface area contributed by atoms with Gasteiger partial charge in [0.2, 0.25) is 0 Å². The van der Waals surface area contributed by atoms with Crippen molar-refractivity contribution in [1.29, 1.82) is 0 Å². The first-order chi connectivity index (χ1) is 9.99. The number of rotatable bonds is 4. The summed E-state index contributed by atoms with van der Waals surface area (Å²) >= 11 is 5.45.